The first-order chi connectivity index (χ1) is 8.69. The van der Waals surface area contributed by atoms with Gasteiger partial charge >= 0.3 is 5.97 Å². The molecule has 5 nitrogen and oxygen atoms in total. The predicted molar refractivity (Wildman–Crippen MR) is 73.5 cm³/mol. The Kier molecular flexibility index (Phi) is 6.93. The number of nitrogens with one attached hydrogen (secondary N) is 1. The van der Waals surface area contributed by atoms with Crippen LogP contribution in [0.4, 0.5) is 0 Å². The molecule has 0 atom stereocenters. The Balaban J connectivity index is 0.000000342. The van der Waals surface area contributed by atoms with E-state index in [2.05, 4.69) is 5.32 Å². The van der Waals surface area contributed by atoms with Crippen molar-refractivity contribution >= 4 is 23.5 Å². The van der Waals surface area contributed by atoms with Crippen molar-refractivity contribution in [3.8, 4) is 5.75 Å². The second-order valence-corrected chi connectivity index (χ2v) is 4.71. The molecule has 19 heavy (non-hydrogen) atoms. The first kappa shape index (κ1) is 17.2. The number of benzene rings is 1. The van der Waals surface area contributed by atoms with Crippen LogP contribution in [0.2, 0.25) is 5.02 Å². The summed E-state index contributed by atoms with van der Waals surface area (Å²) < 4.78 is 4.91. The fourth-order valence-corrected chi connectivity index (χ4v) is 1.19. The SMILES string of the molecule is CC(=O)NC(C)(C)C(=O)O.COc1ccc(Cl)cc1. The number of rotatable bonds is 3. The summed E-state index contributed by atoms with van der Waals surface area (Å²) in [7, 11) is 1.63. The summed E-state index contributed by atoms with van der Waals surface area (Å²) in [6.45, 7) is 4.14. The van der Waals surface area contributed by atoms with Crippen LogP contribution in [-0.2, 0) is 9.59 Å². The maximum atomic E-state index is 10.4. The van der Waals surface area contributed by atoms with Crippen molar-refractivity contribution in [2.45, 2.75) is 26.3 Å². The van der Waals surface area contributed by atoms with E-state index >= 15 is 0 Å². The minimum absolute atomic E-state index is 0.340. The third-order valence-electron chi connectivity index (χ3n) is 2.07. The van der Waals surface area contributed by atoms with Crippen LogP contribution in [0.25, 0.3) is 0 Å². The number of carbonyl (C=O) groups excluding carboxylic acids is 1. The molecule has 0 heterocycles. The second kappa shape index (κ2) is 7.63. The van der Waals surface area contributed by atoms with Crippen molar-refractivity contribution in [2.75, 3.05) is 7.11 Å². The molecule has 1 aromatic carbocycles. The van der Waals surface area contributed by atoms with Gasteiger partial charge in [-0.15, -0.1) is 0 Å². The molecule has 1 rings (SSSR count). The van der Waals surface area contributed by atoms with Crippen LogP contribution < -0.4 is 10.1 Å². The van der Waals surface area contributed by atoms with Crippen LogP contribution in [0.3, 0.4) is 0 Å². The van der Waals surface area contributed by atoms with Crippen LogP contribution in [-0.4, -0.2) is 29.6 Å². The molecule has 0 unspecified atom stereocenters. The molecule has 1 amide bonds. The number of hydrogen-bond donors (Lipinski definition) is 2. The molecule has 0 aliphatic carbocycles. The maximum Gasteiger partial charge on any atom is 0.328 e. The zero-order chi connectivity index (χ0) is 15.1. The van der Waals surface area contributed by atoms with Crippen LogP contribution in [0.5, 0.6) is 5.75 Å². The van der Waals surface area contributed by atoms with E-state index in [1.807, 2.05) is 12.1 Å². The molecule has 0 saturated carbocycles. The summed E-state index contributed by atoms with van der Waals surface area (Å²) in [6.07, 6.45) is 0. The number of carboxylic acid groups (broad SMARTS) is 1. The third kappa shape index (κ3) is 7.31. The minimum atomic E-state index is -1.16. The molecule has 0 spiro atoms. The largest absolute Gasteiger partial charge is 0.497 e. The lowest BCUT2D eigenvalue weighted by Crippen LogP contribution is -2.48. The van der Waals surface area contributed by atoms with Crippen molar-refractivity contribution in [3.63, 3.8) is 0 Å². The lowest BCUT2D eigenvalue weighted by Gasteiger charge is -2.19. The molecule has 0 aliphatic rings. The Labute approximate surface area is 117 Å². The van der Waals surface area contributed by atoms with Gasteiger partial charge in [-0.3, -0.25) is 4.79 Å². The normalized spacial score (nSPS) is 9.95. The Morgan fingerprint density at radius 3 is 2.00 bits per heavy atom. The Morgan fingerprint density at radius 2 is 1.74 bits per heavy atom. The molecule has 106 valence electrons. The molecule has 0 bridgehead atoms. The van der Waals surface area contributed by atoms with Gasteiger partial charge in [-0.05, 0) is 38.1 Å². The van der Waals surface area contributed by atoms with Crippen molar-refractivity contribution in [1.82, 2.24) is 5.32 Å². The fourth-order valence-electron chi connectivity index (χ4n) is 1.06. The van der Waals surface area contributed by atoms with Crippen LogP contribution >= 0.6 is 11.6 Å². The van der Waals surface area contributed by atoms with Crippen molar-refractivity contribution in [2.24, 2.45) is 0 Å². The fraction of sp³-hybridized carbons (Fsp3) is 0.385. The number of amides is 1. The molecular formula is C13H18ClNO4. The van der Waals surface area contributed by atoms with Gasteiger partial charge in [0.05, 0.1) is 7.11 Å². The number of ether oxygens (including phenoxy) is 1. The van der Waals surface area contributed by atoms with Crippen LogP contribution in [0.15, 0.2) is 24.3 Å². The van der Waals surface area contributed by atoms with E-state index in [-0.39, 0.29) is 5.91 Å². The highest BCUT2D eigenvalue weighted by Crippen LogP contribution is 2.14. The molecule has 0 fully saturated rings. The standard InChI is InChI=1S/C7H7ClO.C6H11NO3/c1-9-7-4-2-6(8)3-5-7;1-4(8)7-6(2,3)5(9)10/h2-5H,1H3;1-3H3,(H,7,8)(H,9,10). The Hall–Kier alpha value is -1.75. The van der Waals surface area contributed by atoms with E-state index in [1.54, 1.807) is 19.2 Å². The summed E-state index contributed by atoms with van der Waals surface area (Å²) in [6, 6.07) is 7.23. The number of halogens is 1. The number of methoxy groups -OCH3 is 1. The highest BCUT2D eigenvalue weighted by molar-refractivity contribution is 6.30. The van der Waals surface area contributed by atoms with Crippen LogP contribution in [0.1, 0.15) is 20.8 Å². The average molecular weight is 288 g/mol. The zero-order valence-corrected chi connectivity index (χ0v) is 12.1. The smallest absolute Gasteiger partial charge is 0.328 e. The molecule has 0 aromatic heterocycles. The summed E-state index contributed by atoms with van der Waals surface area (Å²) in [5, 5.41) is 11.5. The van der Waals surface area contributed by atoms with E-state index in [1.165, 1.54) is 20.8 Å². The first-order valence-corrected chi connectivity index (χ1v) is 5.88. The third-order valence-corrected chi connectivity index (χ3v) is 2.32. The monoisotopic (exact) mass is 287 g/mol. The summed E-state index contributed by atoms with van der Waals surface area (Å²) >= 11 is 5.61. The topological polar surface area (TPSA) is 75.6 Å². The summed E-state index contributed by atoms with van der Waals surface area (Å²) in [5.74, 6) is -0.547. The number of hydrogen-bond acceptors (Lipinski definition) is 3. The quantitative estimate of drug-likeness (QED) is 0.895. The van der Waals surface area contributed by atoms with Gasteiger partial charge in [0.15, 0.2) is 0 Å². The van der Waals surface area contributed by atoms with Gasteiger partial charge in [0.1, 0.15) is 11.3 Å². The minimum Gasteiger partial charge on any atom is -0.497 e. The number of carbonyl (C=O) groups is 2. The van der Waals surface area contributed by atoms with Gasteiger partial charge in [0.25, 0.3) is 0 Å². The second-order valence-electron chi connectivity index (χ2n) is 4.27. The molecule has 0 aliphatic heterocycles. The van der Waals surface area contributed by atoms with Crippen LogP contribution in [0, 0.1) is 0 Å². The van der Waals surface area contributed by atoms with E-state index in [9.17, 15) is 9.59 Å². The number of aliphatic carboxylic acids is 1. The van der Waals surface area contributed by atoms with Crippen molar-refractivity contribution < 1.29 is 19.4 Å². The van der Waals surface area contributed by atoms with Gasteiger partial charge in [-0.2, -0.15) is 0 Å². The lowest BCUT2D eigenvalue weighted by atomic mass is 10.1. The summed E-state index contributed by atoms with van der Waals surface area (Å²) in [5.41, 5.74) is -1.16. The van der Waals surface area contributed by atoms with Gasteiger partial charge in [0.2, 0.25) is 5.91 Å². The molecular weight excluding hydrogens is 270 g/mol. The van der Waals surface area contributed by atoms with E-state index in [0.717, 1.165) is 10.8 Å². The Bertz CT molecular complexity index is 429. The molecule has 1 aromatic rings. The predicted octanol–water partition coefficient (Wildman–Crippen LogP) is 2.33. The van der Waals surface area contributed by atoms with Gasteiger partial charge in [-0.1, -0.05) is 11.6 Å². The van der Waals surface area contributed by atoms with Gasteiger partial charge in [-0.25, -0.2) is 4.79 Å². The average Bonchev–Trinajstić information content (AvgIpc) is 2.29. The number of carboxylic acids is 1. The highest BCUT2D eigenvalue weighted by atomic mass is 35.5. The highest BCUT2D eigenvalue weighted by Gasteiger charge is 2.27. The molecule has 6 heteroatoms. The van der Waals surface area contributed by atoms with Gasteiger partial charge in [0, 0.05) is 11.9 Å². The lowest BCUT2D eigenvalue weighted by molar-refractivity contribution is -0.145. The summed E-state index contributed by atoms with van der Waals surface area (Å²) in [4.78, 5) is 20.7. The van der Waals surface area contributed by atoms with E-state index < -0.39 is 11.5 Å². The molecule has 0 saturated heterocycles. The van der Waals surface area contributed by atoms with Crippen molar-refractivity contribution in [3.05, 3.63) is 29.3 Å². The van der Waals surface area contributed by atoms with E-state index in [4.69, 9.17) is 21.4 Å². The Morgan fingerprint density at radius 1 is 1.26 bits per heavy atom. The van der Waals surface area contributed by atoms with Crippen molar-refractivity contribution in [1.29, 1.82) is 0 Å². The maximum absolute atomic E-state index is 10.4. The van der Waals surface area contributed by atoms with Gasteiger partial charge < -0.3 is 15.2 Å². The molecule has 0 radical (unpaired) electrons. The zero-order valence-electron chi connectivity index (χ0n) is 11.4. The van der Waals surface area contributed by atoms with E-state index in [0.29, 0.717) is 0 Å². The first-order valence-electron chi connectivity index (χ1n) is 5.50. The molecule has 2 N–H and O–H groups in total.